The Morgan fingerprint density at radius 2 is 1.88 bits per heavy atom. The van der Waals surface area contributed by atoms with E-state index in [0.717, 1.165) is 12.5 Å². The lowest BCUT2D eigenvalue weighted by molar-refractivity contribution is 0.0671. The molecule has 4 rings (SSSR count). The number of rotatable bonds is 5. The number of aromatic carboxylic acids is 1. The first kappa shape index (κ1) is 17.3. The molecule has 1 N–H and O–H groups in total. The quantitative estimate of drug-likeness (QED) is 0.796. The second-order valence-electron chi connectivity index (χ2n) is 7.40. The standard InChI is InChI=1S/C17H20N2O6S/c20-14-12(16(22)23)4-5-13-15(21)18(8-9-19(13)14)10-17(6-7-17)26(24,25)11-2-1-3-11/h4-5,11H,1-3,6-10H2,(H,22,23). The van der Waals surface area contributed by atoms with Crippen LogP contribution in [-0.2, 0) is 16.4 Å². The zero-order valence-corrected chi connectivity index (χ0v) is 15.0. The number of carbonyl (C=O) groups is 2. The van der Waals surface area contributed by atoms with Crippen molar-refractivity contribution in [3.8, 4) is 0 Å². The van der Waals surface area contributed by atoms with Crippen molar-refractivity contribution in [1.29, 1.82) is 0 Å². The monoisotopic (exact) mass is 380 g/mol. The van der Waals surface area contributed by atoms with E-state index < -0.39 is 32.0 Å². The van der Waals surface area contributed by atoms with Gasteiger partial charge >= 0.3 is 5.97 Å². The predicted molar refractivity (Wildman–Crippen MR) is 92.1 cm³/mol. The van der Waals surface area contributed by atoms with Crippen molar-refractivity contribution >= 4 is 21.7 Å². The first-order valence-electron chi connectivity index (χ1n) is 8.77. The molecule has 2 heterocycles. The van der Waals surface area contributed by atoms with Gasteiger partial charge in [-0.15, -0.1) is 0 Å². The number of carbonyl (C=O) groups excluding carboxylic acids is 1. The zero-order chi connectivity index (χ0) is 18.7. The van der Waals surface area contributed by atoms with Crippen molar-refractivity contribution in [2.75, 3.05) is 13.1 Å². The third-order valence-corrected chi connectivity index (χ3v) is 8.98. The van der Waals surface area contributed by atoms with E-state index in [1.54, 1.807) is 0 Å². The molecule has 2 aliphatic carbocycles. The summed E-state index contributed by atoms with van der Waals surface area (Å²) in [6.07, 6.45) is 3.48. The molecular weight excluding hydrogens is 360 g/mol. The molecule has 0 atom stereocenters. The van der Waals surface area contributed by atoms with E-state index in [2.05, 4.69) is 0 Å². The number of sulfone groups is 1. The molecule has 1 aromatic heterocycles. The zero-order valence-electron chi connectivity index (χ0n) is 14.2. The molecule has 0 spiro atoms. The SMILES string of the molecule is O=C(O)c1ccc2n(c1=O)CCN(CC1(S(=O)(=O)C3CCC3)CC1)C2=O. The van der Waals surface area contributed by atoms with Gasteiger partial charge in [0.05, 0.1) is 10.00 Å². The van der Waals surface area contributed by atoms with E-state index in [9.17, 15) is 22.8 Å². The number of hydrogen-bond donors (Lipinski definition) is 1. The molecule has 9 heteroatoms. The van der Waals surface area contributed by atoms with Crippen molar-refractivity contribution in [3.63, 3.8) is 0 Å². The Bertz CT molecular complexity index is 956. The summed E-state index contributed by atoms with van der Waals surface area (Å²) < 4.78 is 26.0. The van der Waals surface area contributed by atoms with Crippen LogP contribution in [-0.4, -0.2) is 58.0 Å². The van der Waals surface area contributed by atoms with Crippen LogP contribution in [0.25, 0.3) is 0 Å². The largest absolute Gasteiger partial charge is 0.477 e. The summed E-state index contributed by atoms with van der Waals surface area (Å²) in [4.78, 5) is 37.6. The fraction of sp³-hybridized carbons (Fsp3) is 0.588. The average Bonchev–Trinajstić information content (AvgIpc) is 3.29. The Morgan fingerprint density at radius 3 is 2.42 bits per heavy atom. The van der Waals surface area contributed by atoms with Crippen molar-refractivity contribution in [2.24, 2.45) is 0 Å². The number of amides is 1. The summed E-state index contributed by atoms with van der Waals surface area (Å²) in [5, 5.41) is 8.76. The Morgan fingerprint density at radius 1 is 1.19 bits per heavy atom. The van der Waals surface area contributed by atoms with Gasteiger partial charge in [-0.3, -0.25) is 9.59 Å². The first-order chi connectivity index (χ1) is 12.3. The fourth-order valence-electron chi connectivity index (χ4n) is 3.84. The lowest BCUT2D eigenvalue weighted by Gasteiger charge is -2.35. The molecule has 0 aromatic carbocycles. The van der Waals surface area contributed by atoms with Crippen LogP contribution in [0.5, 0.6) is 0 Å². The third-order valence-electron chi connectivity index (χ3n) is 5.89. The number of fused-ring (bicyclic) bond motifs is 1. The van der Waals surface area contributed by atoms with Crippen molar-refractivity contribution in [3.05, 3.63) is 33.7 Å². The number of carboxylic acid groups (broad SMARTS) is 1. The number of carboxylic acids is 1. The highest BCUT2D eigenvalue weighted by molar-refractivity contribution is 7.93. The number of aromatic nitrogens is 1. The second kappa shape index (κ2) is 5.67. The van der Waals surface area contributed by atoms with Crippen LogP contribution in [0.3, 0.4) is 0 Å². The van der Waals surface area contributed by atoms with Crippen molar-refractivity contribution in [2.45, 2.75) is 48.6 Å². The van der Waals surface area contributed by atoms with Gasteiger partial charge in [0.1, 0.15) is 11.3 Å². The normalized spacial score (nSPS) is 21.8. The highest BCUT2D eigenvalue weighted by Gasteiger charge is 2.59. The van der Waals surface area contributed by atoms with Crippen molar-refractivity contribution < 1.29 is 23.1 Å². The Hall–Kier alpha value is -2.16. The number of pyridine rings is 1. The van der Waals surface area contributed by atoms with E-state index in [1.165, 1.54) is 15.5 Å². The van der Waals surface area contributed by atoms with Crippen LogP contribution < -0.4 is 5.56 Å². The average molecular weight is 380 g/mol. The number of nitrogens with zero attached hydrogens (tertiary/aromatic N) is 2. The van der Waals surface area contributed by atoms with Gasteiger partial charge in [0.2, 0.25) is 0 Å². The minimum Gasteiger partial charge on any atom is -0.477 e. The van der Waals surface area contributed by atoms with Gasteiger partial charge in [-0.1, -0.05) is 6.42 Å². The fourth-order valence-corrected chi connectivity index (χ4v) is 6.51. The van der Waals surface area contributed by atoms with Crippen LogP contribution in [0, 0.1) is 0 Å². The molecule has 26 heavy (non-hydrogen) atoms. The maximum absolute atomic E-state index is 12.8. The van der Waals surface area contributed by atoms with E-state index in [1.807, 2.05) is 0 Å². The maximum atomic E-state index is 12.8. The summed E-state index contributed by atoms with van der Waals surface area (Å²) in [7, 11) is -3.26. The van der Waals surface area contributed by atoms with Gasteiger partial charge in [-0.2, -0.15) is 0 Å². The topological polar surface area (TPSA) is 114 Å². The molecule has 0 saturated heterocycles. The minimum absolute atomic E-state index is 0.114. The summed E-state index contributed by atoms with van der Waals surface area (Å²) in [5.41, 5.74) is -0.962. The molecular formula is C17H20N2O6S. The Kier molecular flexibility index (Phi) is 3.76. The third kappa shape index (κ3) is 2.40. The summed E-state index contributed by atoms with van der Waals surface area (Å²) in [6.45, 7) is 0.525. The molecule has 1 aliphatic heterocycles. The molecule has 0 radical (unpaired) electrons. The second-order valence-corrected chi connectivity index (χ2v) is 10.0. The van der Waals surface area contributed by atoms with E-state index >= 15 is 0 Å². The minimum atomic E-state index is -3.26. The van der Waals surface area contributed by atoms with E-state index in [-0.39, 0.29) is 36.1 Å². The molecule has 1 aromatic rings. The molecule has 2 fully saturated rings. The highest BCUT2D eigenvalue weighted by atomic mass is 32.2. The van der Waals surface area contributed by atoms with Gasteiger partial charge in [0.15, 0.2) is 9.84 Å². The first-order valence-corrected chi connectivity index (χ1v) is 10.3. The summed E-state index contributed by atoms with van der Waals surface area (Å²) in [5.74, 6) is -1.75. The lowest BCUT2D eigenvalue weighted by Crippen LogP contribution is -2.51. The maximum Gasteiger partial charge on any atom is 0.341 e. The number of hydrogen-bond acceptors (Lipinski definition) is 5. The molecule has 3 aliphatic rings. The highest BCUT2D eigenvalue weighted by Crippen LogP contribution is 2.49. The molecule has 0 unspecified atom stereocenters. The Balaban J connectivity index is 1.60. The summed E-state index contributed by atoms with van der Waals surface area (Å²) >= 11 is 0. The lowest BCUT2D eigenvalue weighted by atomic mass is 10.00. The van der Waals surface area contributed by atoms with Crippen LogP contribution in [0.1, 0.15) is 53.0 Å². The van der Waals surface area contributed by atoms with Gasteiger partial charge in [-0.25, -0.2) is 13.2 Å². The predicted octanol–water partition coefficient (Wildman–Crippen LogP) is 0.502. The molecule has 8 nitrogen and oxygen atoms in total. The van der Waals surface area contributed by atoms with Crippen LogP contribution >= 0.6 is 0 Å². The van der Waals surface area contributed by atoms with Crippen molar-refractivity contribution in [1.82, 2.24) is 9.47 Å². The van der Waals surface area contributed by atoms with Gasteiger partial charge in [0, 0.05) is 19.6 Å². The van der Waals surface area contributed by atoms with Gasteiger partial charge in [-0.05, 0) is 37.8 Å². The van der Waals surface area contributed by atoms with Crippen LogP contribution in [0.4, 0.5) is 0 Å². The van der Waals surface area contributed by atoms with Crippen LogP contribution in [0.2, 0.25) is 0 Å². The summed E-state index contributed by atoms with van der Waals surface area (Å²) in [6, 6.07) is 2.47. The molecule has 2 saturated carbocycles. The molecule has 1 amide bonds. The van der Waals surface area contributed by atoms with E-state index in [4.69, 9.17) is 5.11 Å². The van der Waals surface area contributed by atoms with Gasteiger partial charge in [0.25, 0.3) is 11.5 Å². The molecule has 140 valence electrons. The smallest absolute Gasteiger partial charge is 0.341 e. The van der Waals surface area contributed by atoms with E-state index in [0.29, 0.717) is 25.7 Å². The molecule has 0 bridgehead atoms. The Labute approximate surface area is 150 Å². The van der Waals surface area contributed by atoms with Crippen LogP contribution in [0.15, 0.2) is 16.9 Å². The van der Waals surface area contributed by atoms with Gasteiger partial charge < -0.3 is 14.6 Å².